The third-order valence-electron chi connectivity index (χ3n) is 4.12. The molecule has 0 aliphatic heterocycles. The van der Waals surface area contributed by atoms with Gasteiger partial charge in [0.15, 0.2) is 0 Å². The molecule has 0 N–H and O–H groups in total. The van der Waals surface area contributed by atoms with Gasteiger partial charge in [-0.1, -0.05) is 79.1 Å². The van der Waals surface area contributed by atoms with Crippen molar-refractivity contribution in [3.63, 3.8) is 0 Å². The standard InChI is InChI=1S/C16H35OP.Au/c1-5-9-11-15(7-3)13-18(17)14-16(8-4)12-10-6-2;/h15-16,18H,5-14H2,1-4H3;. The summed E-state index contributed by atoms with van der Waals surface area (Å²) in [6.45, 7) is 9.00. The second-order valence-corrected chi connectivity index (χ2v) is 7.67. The maximum Gasteiger partial charge on any atom is 0.0767 e. The van der Waals surface area contributed by atoms with Crippen LogP contribution in [0.15, 0.2) is 0 Å². The molecule has 0 aromatic rings. The number of rotatable bonds is 12. The Morgan fingerprint density at radius 3 is 1.42 bits per heavy atom. The van der Waals surface area contributed by atoms with Crippen molar-refractivity contribution in [2.75, 3.05) is 12.3 Å². The van der Waals surface area contributed by atoms with Crippen molar-refractivity contribution in [2.45, 2.75) is 79.1 Å². The maximum absolute atomic E-state index is 12.3. The first-order valence-corrected chi connectivity index (χ1v) is 10.0. The third kappa shape index (κ3) is 12.4. The van der Waals surface area contributed by atoms with Gasteiger partial charge in [0, 0.05) is 34.7 Å². The van der Waals surface area contributed by atoms with Gasteiger partial charge < -0.3 is 4.57 Å². The summed E-state index contributed by atoms with van der Waals surface area (Å²) in [6.07, 6.45) is 12.2. The van der Waals surface area contributed by atoms with E-state index in [-0.39, 0.29) is 22.4 Å². The molecule has 0 heterocycles. The van der Waals surface area contributed by atoms with Crippen molar-refractivity contribution in [1.82, 2.24) is 0 Å². The average molecular weight is 471 g/mol. The Balaban J connectivity index is 0. The van der Waals surface area contributed by atoms with Gasteiger partial charge in [-0.2, -0.15) is 0 Å². The van der Waals surface area contributed by atoms with E-state index in [1.54, 1.807) is 0 Å². The zero-order valence-corrected chi connectivity index (χ0v) is 16.6. The Bertz CT molecular complexity index is 189. The quantitative estimate of drug-likeness (QED) is 0.253. The summed E-state index contributed by atoms with van der Waals surface area (Å²) < 4.78 is 12.3. The molecule has 0 saturated carbocycles. The fraction of sp³-hybridized carbons (Fsp3) is 1.00. The van der Waals surface area contributed by atoms with Crippen LogP contribution in [0.5, 0.6) is 0 Å². The van der Waals surface area contributed by atoms with Crippen LogP contribution in [-0.4, -0.2) is 12.3 Å². The molecule has 0 aromatic heterocycles. The third-order valence-corrected chi connectivity index (χ3v) is 6.18. The molecule has 1 nitrogen and oxygen atoms in total. The predicted molar refractivity (Wildman–Crippen MR) is 85.3 cm³/mol. The van der Waals surface area contributed by atoms with Crippen molar-refractivity contribution in [3.05, 3.63) is 0 Å². The summed E-state index contributed by atoms with van der Waals surface area (Å²) in [4.78, 5) is 0. The van der Waals surface area contributed by atoms with Gasteiger partial charge in [0.1, 0.15) is 0 Å². The molecular formula is C16H35AuOP. The molecule has 0 spiro atoms. The first kappa shape index (κ1) is 22.3. The number of unbranched alkanes of at least 4 members (excludes halogenated alkanes) is 2. The summed E-state index contributed by atoms with van der Waals surface area (Å²) in [7, 11) is -1.32. The molecule has 0 aromatic carbocycles. The molecule has 121 valence electrons. The molecule has 1 radical (unpaired) electrons. The summed E-state index contributed by atoms with van der Waals surface area (Å²) in [6, 6.07) is 0. The normalized spacial score (nSPS) is 15.6. The molecular weight excluding hydrogens is 436 g/mol. The van der Waals surface area contributed by atoms with Crippen LogP contribution >= 0.6 is 7.80 Å². The molecule has 2 atom stereocenters. The molecule has 0 amide bonds. The van der Waals surface area contributed by atoms with Crippen molar-refractivity contribution in [1.29, 1.82) is 0 Å². The van der Waals surface area contributed by atoms with Gasteiger partial charge >= 0.3 is 0 Å². The molecule has 3 heteroatoms. The average Bonchev–Trinajstić information content (AvgIpc) is 2.39. The van der Waals surface area contributed by atoms with E-state index in [1.807, 2.05) is 0 Å². The predicted octanol–water partition coefficient (Wildman–Crippen LogP) is 5.98. The fourth-order valence-electron chi connectivity index (χ4n) is 2.61. The van der Waals surface area contributed by atoms with Gasteiger partial charge in [-0.3, -0.25) is 0 Å². The Kier molecular flexibility index (Phi) is 18.0. The Morgan fingerprint density at radius 1 is 0.789 bits per heavy atom. The van der Waals surface area contributed by atoms with Gasteiger partial charge in [0.25, 0.3) is 0 Å². The van der Waals surface area contributed by atoms with Gasteiger partial charge in [-0.25, -0.2) is 0 Å². The van der Waals surface area contributed by atoms with Crippen LogP contribution in [0.3, 0.4) is 0 Å². The maximum atomic E-state index is 12.3. The van der Waals surface area contributed by atoms with Crippen LogP contribution in [0.2, 0.25) is 0 Å². The van der Waals surface area contributed by atoms with Gasteiger partial charge in [-0.15, -0.1) is 0 Å². The van der Waals surface area contributed by atoms with Crippen molar-refractivity contribution in [3.8, 4) is 0 Å². The van der Waals surface area contributed by atoms with Gasteiger partial charge in [-0.05, 0) is 11.8 Å². The molecule has 0 fully saturated rings. The van der Waals surface area contributed by atoms with Crippen LogP contribution in [0.25, 0.3) is 0 Å². The number of hydrogen-bond acceptors (Lipinski definition) is 1. The van der Waals surface area contributed by atoms with Gasteiger partial charge in [0.05, 0.1) is 7.80 Å². The molecule has 0 bridgehead atoms. The van der Waals surface area contributed by atoms with Crippen LogP contribution in [-0.2, 0) is 26.9 Å². The van der Waals surface area contributed by atoms with E-state index < -0.39 is 7.80 Å². The summed E-state index contributed by atoms with van der Waals surface area (Å²) in [5.74, 6) is 1.44. The second kappa shape index (κ2) is 15.4. The van der Waals surface area contributed by atoms with E-state index in [4.69, 9.17) is 0 Å². The van der Waals surface area contributed by atoms with E-state index in [2.05, 4.69) is 27.7 Å². The largest absolute Gasteiger partial charge is 0.327 e. The minimum atomic E-state index is -1.32. The van der Waals surface area contributed by atoms with E-state index in [0.29, 0.717) is 0 Å². The summed E-state index contributed by atoms with van der Waals surface area (Å²) in [5.41, 5.74) is 0. The minimum absolute atomic E-state index is 0. The smallest absolute Gasteiger partial charge is 0.0767 e. The van der Waals surface area contributed by atoms with Crippen LogP contribution < -0.4 is 0 Å². The van der Waals surface area contributed by atoms with Crippen molar-refractivity contribution < 1.29 is 26.9 Å². The minimum Gasteiger partial charge on any atom is -0.327 e. The van der Waals surface area contributed by atoms with Crippen LogP contribution in [0.4, 0.5) is 0 Å². The fourth-order valence-corrected chi connectivity index (χ4v) is 5.05. The number of hydrogen-bond donors (Lipinski definition) is 0. The summed E-state index contributed by atoms with van der Waals surface area (Å²) in [5, 5.41) is 0. The zero-order valence-electron chi connectivity index (χ0n) is 13.4. The Morgan fingerprint density at radius 2 is 1.16 bits per heavy atom. The van der Waals surface area contributed by atoms with E-state index in [9.17, 15) is 4.57 Å². The summed E-state index contributed by atoms with van der Waals surface area (Å²) >= 11 is 0. The SMILES string of the molecule is CCCCC(CC)C[PH](=O)CC(CC)CCCC.[Au]. The van der Waals surface area contributed by atoms with Crippen LogP contribution in [0.1, 0.15) is 79.1 Å². The van der Waals surface area contributed by atoms with E-state index >= 15 is 0 Å². The Hall–Kier alpha value is 0.970. The molecule has 0 aliphatic carbocycles. The van der Waals surface area contributed by atoms with Crippen molar-refractivity contribution >= 4 is 7.80 Å². The zero-order chi connectivity index (χ0) is 13.8. The van der Waals surface area contributed by atoms with Crippen molar-refractivity contribution in [2.24, 2.45) is 11.8 Å². The van der Waals surface area contributed by atoms with Gasteiger partial charge in [0.2, 0.25) is 0 Å². The van der Waals surface area contributed by atoms with E-state index in [0.717, 1.165) is 24.2 Å². The molecule has 19 heavy (non-hydrogen) atoms. The topological polar surface area (TPSA) is 17.1 Å². The first-order chi connectivity index (χ1) is 8.67. The molecule has 0 aliphatic rings. The Labute approximate surface area is 138 Å². The van der Waals surface area contributed by atoms with Crippen LogP contribution in [0, 0.1) is 11.8 Å². The molecule has 0 rings (SSSR count). The second-order valence-electron chi connectivity index (χ2n) is 5.78. The molecule has 2 unspecified atom stereocenters. The molecule has 0 saturated heterocycles. The first-order valence-electron chi connectivity index (χ1n) is 8.19. The monoisotopic (exact) mass is 471 g/mol. The van der Waals surface area contributed by atoms with E-state index in [1.165, 1.54) is 51.4 Å².